The van der Waals surface area contributed by atoms with Gasteiger partial charge in [-0.15, -0.1) is 0 Å². The smallest absolute Gasteiger partial charge is 0.344 e. The van der Waals surface area contributed by atoms with Gasteiger partial charge < -0.3 is 4.90 Å². The summed E-state index contributed by atoms with van der Waals surface area (Å²) < 4.78 is 41.2. The van der Waals surface area contributed by atoms with Crippen LogP contribution in [0.4, 0.5) is 18.9 Å². The SMILES string of the molecule is C=CC(=C)C(C)C1=C(C(F)(F)F)c2ccccc2N(C)C1=C. The molecule has 0 bridgehead atoms. The lowest BCUT2D eigenvalue weighted by molar-refractivity contribution is -0.0696. The van der Waals surface area contributed by atoms with Crippen molar-refractivity contribution in [1.82, 2.24) is 0 Å². The molecule has 0 saturated carbocycles. The fourth-order valence-electron chi connectivity index (χ4n) is 2.73. The molecule has 116 valence electrons. The van der Waals surface area contributed by atoms with Crippen LogP contribution in [-0.4, -0.2) is 13.2 Å². The molecule has 0 saturated heterocycles. The maximum atomic E-state index is 13.7. The Balaban J connectivity index is 2.82. The molecule has 1 aliphatic rings. The van der Waals surface area contributed by atoms with Crippen molar-refractivity contribution in [1.29, 1.82) is 0 Å². The van der Waals surface area contributed by atoms with E-state index in [9.17, 15) is 13.2 Å². The van der Waals surface area contributed by atoms with Crippen molar-refractivity contribution in [3.8, 4) is 0 Å². The summed E-state index contributed by atoms with van der Waals surface area (Å²) in [6, 6.07) is 6.48. The van der Waals surface area contributed by atoms with E-state index in [1.54, 1.807) is 37.1 Å². The van der Waals surface area contributed by atoms with E-state index in [-0.39, 0.29) is 11.1 Å². The number of hydrogen-bond acceptors (Lipinski definition) is 1. The number of hydrogen-bond donors (Lipinski definition) is 0. The largest absolute Gasteiger partial charge is 0.417 e. The van der Waals surface area contributed by atoms with E-state index in [2.05, 4.69) is 19.7 Å². The Bertz CT molecular complexity index is 680. The van der Waals surface area contributed by atoms with Crippen molar-refractivity contribution in [2.24, 2.45) is 5.92 Å². The van der Waals surface area contributed by atoms with Gasteiger partial charge in [-0.1, -0.05) is 50.9 Å². The van der Waals surface area contributed by atoms with Crippen LogP contribution in [0.5, 0.6) is 0 Å². The topological polar surface area (TPSA) is 3.24 Å². The number of likely N-dealkylation sites (N-methyl/N-ethyl adjacent to an activating group) is 1. The number of halogens is 3. The predicted octanol–water partition coefficient (Wildman–Crippen LogP) is 5.34. The Labute approximate surface area is 128 Å². The third-order valence-corrected chi connectivity index (χ3v) is 4.05. The maximum absolute atomic E-state index is 13.7. The molecular formula is C18H18F3N. The summed E-state index contributed by atoms with van der Waals surface area (Å²) in [6.07, 6.45) is -2.98. The second-order valence-electron chi connectivity index (χ2n) is 5.31. The Morgan fingerprint density at radius 3 is 2.41 bits per heavy atom. The average molecular weight is 305 g/mol. The van der Waals surface area contributed by atoms with E-state index in [0.29, 0.717) is 17.0 Å². The standard InChI is InChI=1S/C18H18F3N/c1-6-11(2)12(3)16-13(4)22(5)15-10-8-7-9-14(15)17(16)18(19,20)21/h6-10,12H,1-2,4H2,3,5H3. The van der Waals surface area contributed by atoms with Crippen molar-refractivity contribution >= 4 is 11.3 Å². The molecule has 2 rings (SSSR count). The molecule has 1 aromatic rings. The molecule has 1 atom stereocenters. The zero-order valence-electron chi connectivity index (χ0n) is 12.7. The first kappa shape index (κ1) is 16.1. The van der Waals surface area contributed by atoms with Gasteiger partial charge in [0, 0.05) is 29.9 Å². The van der Waals surface area contributed by atoms with Crippen LogP contribution in [0.2, 0.25) is 0 Å². The first-order valence-electron chi connectivity index (χ1n) is 6.85. The van der Waals surface area contributed by atoms with E-state index in [1.165, 1.54) is 12.1 Å². The van der Waals surface area contributed by atoms with Crippen LogP contribution in [0.1, 0.15) is 12.5 Å². The third-order valence-electron chi connectivity index (χ3n) is 4.05. The lowest BCUT2D eigenvalue weighted by Gasteiger charge is -2.36. The normalized spacial score (nSPS) is 16.4. The lowest BCUT2D eigenvalue weighted by Crippen LogP contribution is -2.30. The van der Waals surface area contributed by atoms with Gasteiger partial charge in [0.15, 0.2) is 0 Å². The minimum absolute atomic E-state index is 0.151. The molecule has 0 aromatic heterocycles. The summed E-state index contributed by atoms with van der Waals surface area (Å²) in [5.41, 5.74) is 1.05. The van der Waals surface area contributed by atoms with Gasteiger partial charge in [0.05, 0.1) is 5.57 Å². The molecule has 0 spiro atoms. The molecule has 4 heteroatoms. The highest BCUT2D eigenvalue weighted by atomic mass is 19.4. The Hall–Kier alpha value is -2.23. The molecule has 0 aliphatic carbocycles. The van der Waals surface area contributed by atoms with Gasteiger partial charge >= 0.3 is 6.18 Å². The highest BCUT2D eigenvalue weighted by molar-refractivity contribution is 5.89. The second-order valence-corrected chi connectivity index (χ2v) is 5.31. The van der Waals surface area contributed by atoms with Crippen LogP contribution < -0.4 is 4.90 Å². The van der Waals surface area contributed by atoms with Gasteiger partial charge in [0.1, 0.15) is 0 Å². The number of benzene rings is 1. The number of anilines is 1. The van der Waals surface area contributed by atoms with Crippen LogP contribution in [-0.2, 0) is 0 Å². The average Bonchev–Trinajstić information content (AvgIpc) is 2.47. The van der Waals surface area contributed by atoms with E-state index in [0.717, 1.165) is 0 Å². The highest BCUT2D eigenvalue weighted by Gasteiger charge is 2.43. The molecule has 1 unspecified atom stereocenters. The van der Waals surface area contributed by atoms with E-state index < -0.39 is 17.7 Å². The second kappa shape index (κ2) is 5.52. The number of allylic oxidation sites excluding steroid dienone is 4. The third kappa shape index (κ3) is 2.49. The number of rotatable bonds is 3. The molecule has 0 radical (unpaired) electrons. The monoisotopic (exact) mass is 305 g/mol. The van der Waals surface area contributed by atoms with E-state index in [1.807, 2.05) is 0 Å². The summed E-state index contributed by atoms with van der Waals surface area (Å²) in [7, 11) is 1.72. The van der Waals surface area contributed by atoms with Crippen LogP contribution in [0, 0.1) is 5.92 Å². The van der Waals surface area contributed by atoms with E-state index in [4.69, 9.17) is 0 Å². The highest BCUT2D eigenvalue weighted by Crippen LogP contribution is 2.49. The molecule has 1 nitrogen and oxygen atoms in total. The quantitative estimate of drug-likeness (QED) is 0.681. The van der Waals surface area contributed by atoms with Crippen molar-refractivity contribution in [2.45, 2.75) is 13.1 Å². The maximum Gasteiger partial charge on any atom is 0.417 e. The Morgan fingerprint density at radius 1 is 1.27 bits per heavy atom. The zero-order chi connectivity index (χ0) is 16.7. The number of para-hydroxylation sites is 1. The van der Waals surface area contributed by atoms with Crippen LogP contribution in [0.15, 0.2) is 66.9 Å². The van der Waals surface area contributed by atoms with Gasteiger partial charge in [-0.2, -0.15) is 13.2 Å². The van der Waals surface area contributed by atoms with Crippen molar-refractivity contribution < 1.29 is 13.2 Å². The number of alkyl halides is 3. The Kier molecular flexibility index (Phi) is 4.05. The predicted molar refractivity (Wildman–Crippen MR) is 85.5 cm³/mol. The van der Waals surface area contributed by atoms with Gasteiger partial charge in [0.2, 0.25) is 0 Å². The van der Waals surface area contributed by atoms with Crippen LogP contribution in [0.3, 0.4) is 0 Å². The van der Waals surface area contributed by atoms with Crippen molar-refractivity contribution in [3.05, 3.63) is 72.5 Å². The molecule has 1 heterocycles. The molecule has 0 amide bonds. The molecule has 0 N–H and O–H groups in total. The minimum Gasteiger partial charge on any atom is -0.344 e. The molecular weight excluding hydrogens is 287 g/mol. The number of fused-ring (bicyclic) bond motifs is 1. The van der Waals surface area contributed by atoms with Crippen LogP contribution >= 0.6 is 0 Å². The zero-order valence-corrected chi connectivity index (χ0v) is 12.7. The Morgan fingerprint density at radius 2 is 1.86 bits per heavy atom. The summed E-state index contributed by atoms with van der Waals surface area (Å²) >= 11 is 0. The summed E-state index contributed by atoms with van der Waals surface area (Å²) in [5, 5.41) is 0. The summed E-state index contributed by atoms with van der Waals surface area (Å²) in [5.74, 6) is -0.516. The van der Waals surface area contributed by atoms with Gasteiger partial charge in [-0.25, -0.2) is 0 Å². The van der Waals surface area contributed by atoms with Gasteiger partial charge in [-0.3, -0.25) is 0 Å². The summed E-state index contributed by atoms with van der Waals surface area (Å²) in [4.78, 5) is 1.69. The fourth-order valence-corrected chi connectivity index (χ4v) is 2.73. The van der Waals surface area contributed by atoms with Crippen LogP contribution in [0.25, 0.3) is 5.57 Å². The minimum atomic E-state index is -4.47. The molecule has 0 fully saturated rings. The first-order valence-corrected chi connectivity index (χ1v) is 6.85. The number of nitrogens with zero attached hydrogens (tertiary/aromatic N) is 1. The van der Waals surface area contributed by atoms with Gasteiger partial charge in [-0.05, 0) is 17.2 Å². The molecule has 22 heavy (non-hydrogen) atoms. The van der Waals surface area contributed by atoms with Crippen molar-refractivity contribution in [2.75, 3.05) is 11.9 Å². The molecule has 1 aliphatic heterocycles. The first-order chi connectivity index (χ1) is 10.2. The van der Waals surface area contributed by atoms with Gasteiger partial charge in [0.25, 0.3) is 0 Å². The molecule has 1 aromatic carbocycles. The van der Waals surface area contributed by atoms with E-state index >= 15 is 0 Å². The fraction of sp³-hybridized carbons (Fsp3) is 0.222. The lowest BCUT2D eigenvalue weighted by atomic mass is 9.82. The van der Waals surface area contributed by atoms with Crippen molar-refractivity contribution in [3.63, 3.8) is 0 Å². The summed E-state index contributed by atoms with van der Waals surface area (Å²) in [6.45, 7) is 13.0.